The Morgan fingerprint density at radius 3 is 2.94 bits per heavy atom. The number of fused-ring (bicyclic) bond motifs is 1. The van der Waals surface area contributed by atoms with Crippen molar-refractivity contribution in [2.45, 2.75) is 25.2 Å². The lowest BCUT2D eigenvalue weighted by Gasteiger charge is -2.11. The number of aliphatic carboxylic acids is 1. The predicted molar refractivity (Wildman–Crippen MR) is 67.3 cm³/mol. The highest BCUT2D eigenvalue weighted by Gasteiger charge is 2.35. The summed E-state index contributed by atoms with van der Waals surface area (Å²) in [7, 11) is 0. The van der Waals surface area contributed by atoms with E-state index in [0.717, 1.165) is 34.5 Å². The van der Waals surface area contributed by atoms with E-state index in [-0.39, 0.29) is 11.8 Å². The van der Waals surface area contributed by atoms with E-state index in [1.54, 1.807) is 11.3 Å². The van der Waals surface area contributed by atoms with Gasteiger partial charge in [0.15, 0.2) is 0 Å². The quantitative estimate of drug-likeness (QED) is 0.886. The van der Waals surface area contributed by atoms with E-state index in [1.165, 1.54) is 0 Å². The van der Waals surface area contributed by atoms with Gasteiger partial charge in [-0.25, -0.2) is 4.98 Å². The van der Waals surface area contributed by atoms with Crippen molar-refractivity contribution in [1.82, 2.24) is 4.98 Å². The first kappa shape index (κ1) is 10.7. The van der Waals surface area contributed by atoms with Crippen molar-refractivity contribution in [1.29, 1.82) is 0 Å². The van der Waals surface area contributed by atoms with Gasteiger partial charge in [0.2, 0.25) is 0 Å². The molecule has 3 nitrogen and oxygen atoms in total. The molecule has 1 aromatic carbocycles. The van der Waals surface area contributed by atoms with E-state index in [2.05, 4.69) is 4.98 Å². The predicted octanol–water partition coefficient (Wildman–Crippen LogP) is 3.26. The number of para-hydroxylation sites is 1. The van der Waals surface area contributed by atoms with Crippen LogP contribution in [0.3, 0.4) is 0 Å². The monoisotopic (exact) mass is 247 g/mol. The molecule has 0 spiro atoms. The highest BCUT2D eigenvalue weighted by molar-refractivity contribution is 7.18. The third-order valence-corrected chi connectivity index (χ3v) is 4.63. The molecule has 0 bridgehead atoms. The summed E-state index contributed by atoms with van der Waals surface area (Å²) >= 11 is 1.64. The standard InChI is InChI=1S/C13H13NO2S/c15-13(16)9-5-3-4-8(9)12-14-10-6-1-2-7-11(10)17-12/h1-2,6-9H,3-5H2,(H,15,16). The lowest BCUT2D eigenvalue weighted by atomic mass is 9.97. The zero-order valence-electron chi connectivity index (χ0n) is 9.30. The van der Waals surface area contributed by atoms with Gasteiger partial charge in [-0.3, -0.25) is 4.79 Å². The van der Waals surface area contributed by atoms with Crippen LogP contribution in [0.15, 0.2) is 24.3 Å². The topological polar surface area (TPSA) is 50.2 Å². The van der Waals surface area contributed by atoms with E-state index in [9.17, 15) is 9.90 Å². The van der Waals surface area contributed by atoms with Gasteiger partial charge in [0.25, 0.3) is 0 Å². The minimum absolute atomic E-state index is 0.116. The average molecular weight is 247 g/mol. The van der Waals surface area contributed by atoms with Crippen LogP contribution >= 0.6 is 11.3 Å². The van der Waals surface area contributed by atoms with E-state index in [0.29, 0.717) is 0 Å². The van der Waals surface area contributed by atoms with E-state index in [1.807, 2.05) is 24.3 Å². The van der Waals surface area contributed by atoms with Gasteiger partial charge in [-0.2, -0.15) is 0 Å². The molecular formula is C13H13NO2S. The molecule has 1 aliphatic rings. The molecule has 1 aromatic heterocycles. The van der Waals surface area contributed by atoms with Crippen molar-refractivity contribution in [3.05, 3.63) is 29.3 Å². The zero-order valence-corrected chi connectivity index (χ0v) is 10.1. The maximum Gasteiger partial charge on any atom is 0.307 e. The number of carbonyl (C=O) groups is 1. The van der Waals surface area contributed by atoms with Gasteiger partial charge < -0.3 is 5.11 Å². The first-order chi connectivity index (χ1) is 8.25. The summed E-state index contributed by atoms with van der Waals surface area (Å²) in [6.07, 6.45) is 2.74. The molecule has 3 rings (SSSR count). The second kappa shape index (κ2) is 4.11. The minimum atomic E-state index is -0.674. The van der Waals surface area contributed by atoms with Crippen molar-refractivity contribution in [3.8, 4) is 0 Å². The third-order valence-electron chi connectivity index (χ3n) is 3.46. The summed E-state index contributed by atoms with van der Waals surface area (Å²) in [5.74, 6) is -0.799. The average Bonchev–Trinajstić information content (AvgIpc) is 2.95. The molecule has 17 heavy (non-hydrogen) atoms. The Labute approximate surface area is 103 Å². The number of rotatable bonds is 2. The van der Waals surface area contributed by atoms with Crippen LogP contribution in [0.2, 0.25) is 0 Å². The molecule has 2 atom stereocenters. The normalized spacial score (nSPS) is 24.2. The number of aromatic nitrogens is 1. The van der Waals surface area contributed by atoms with Crippen LogP contribution in [-0.2, 0) is 4.79 Å². The number of hydrogen-bond acceptors (Lipinski definition) is 3. The summed E-state index contributed by atoms with van der Waals surface area (Å²) in [6.45, 7) is 0. The molecule has 1 saturated carbocycles. The highest BCUT2D eigenvalue weighted by Crippen LogP contribution is 2.42. The molecule has 1 N–H and O–H groups in total. The molecule has 1 heterocycles. The van der Waals surface area contributed by atoms with Crippen molar-refractivity contribution in [2.24, 2.45) is 5.92 Å². The van der Waals surface area contributed by atoms with Crippen LogP contribution in [0.4, 0.5) is 0 Å². The Morgan fingerprint density at radius 2 is 2.18 bits per heavy atom. The van der Waals surface area contributed by atoms with Crippen molar-refractivity contribution in [3.63, 3.8) is 0 Å². The van der Waals surface area contributed by atoms with Crippen LogP contribution in [0.5, 0.6) is 0 Å². The Kier molecular flexibility index (Phi) is 2.59. The number of carboxylic acid groups (broad SMARTS) is 1. The molecule has 1 fully saturated rings. The molecule has 2 unspecified atom stereocenters. The van der Waals surface area contributed by atoms with Gasteiger partial charge in [0.1, 0.15) is 0 Å². The second-order valence-electron chi connectivity index (χ2n) is 4.50. The maximum absolute atomic E-state index is 11.2. The second-order valence-corrected chi connectivity index (χ2v) is 5.56. The van der Waals surface area contributed by atoms with Crippen LogP contribution in [0, 0.1) is 5.92 Å². The fourth-order valence-electron chi connectivity index (χ4n) is 2.60. The number of carboxylic acids is 1. The summed E-state index contributed by atoms with van der Waals surface area (Å²) in [6, 6.07) is 7.99. The van der Waals surface area contributed by atoms with Crippen molar-refractivity contribution < 1.29 is 9.90 Å². The highest BCUT2D eigenvalue weighted by atomic mass is 32.1. The summed E-state index contributed by atoms with van der Waals surface area (Å²) in [5.41, 5.74) is 0.989. The maximum atomic E-state index is 11.2. The number of hydrogen-bond donors (Lipinski definition) is 1. The van der Waals surface area contributed by atoms with Crippen LogP contribution < -0.4 is 0 Å². The van der Waals surface area contributed by atoms with Crippen LogP contribution in [-0.4, -0.2) is 16.1 Å². The van der Waals surface area contributed by atoms with Crippen molar-refractivity contribution >= 4 is 27.5 Å². The first-order valence-electron chi connectivity index (χ1n) is 5.84. The number of nitrogens with zero attached hydrogens (tertiary/aromatic N) is 1. The summed E-state index contributed by atoms with van der Waals surface area (Å²) < 4.78 is 1.15. The molecular weight excluding hydrogens is 234 g/mol. The summed E-state index contributed by atoms with van der Waals surface area (Å²) in [5, 5.41) is 10.2. The van der Waals surface area contributed by atoms with Crippen LogP contribution in [0.1, 0.15) is 30.2 Å². The zero-order chi connectivity index (χ0) is 11.8. The molecule has 0 radical (unpaired) electrons. The lowest BCUT2D eigenvalue weighted by molar-refractivity contribution is -0.142. The number of thiazole rings is 1. The molecule has 0 aliphatic heterocycles. The van der Waals surface area contributed by atoms with E-state index >= 15 is 0 Å². The Hall–Kier alpha value is -1.42. The van der Waals surface area contributed by atoms with Gasteiger partial charge in [-0.05, 0) is 25.0 Å². The van der Waals surface area contributed by atoms with E-state index in [4.69, 9.17) is 0 Å². The van der Waals surface area contributed by atoms with E-state index < -0.39 is 5.97 Å². The van der Waals surface area contributed by atoms with Gasteiger partial charge in [-0.1, -0.05) is 18.6 Å². The smallest absolute Gasteiger partial charge is 0.307 e. The third kappa shape index (κ3) is 1.82. The lowest BCUT2D eigenvalue weighted by Crippen LogP contribution is -2.16. The fraction of sp³-hybridized carbons (Fsp3) is 0.385. The van der Waals surface area contributed by atoms with Gasteiger partial charge >= 0.3 is 5.97 Å². The molecule has 4 heteroatoms. The Morgan fingerprint density at radius 1 is 1.35 bits per heavy atom. The Bertz CT molecular complexity index is 530. The SMILES string of the molecule is O=C(O)C1CCCC1c1nc2ccccc2s1. The first-order valence-corrected chi connectivity index (χ1v) is 6.65. The number of benzene rings is 1. The van der Waals surface area contributed by atoms with Gasteiger partial charge in [0, 0.05) is 5.92 Å². The fourth-order valence-corrected chi connectivity index (χ4v) is 3.77. The van der Waals surface area contributed by atoms with Crippen molar-refractivity contribution in [2.75, 3.05) is 0 Å². The molecule has 2 aromatic rings. The Balaban J connectivity index is 2.00. The minimum Gasteiger partial charge on any atom is -0.481 e. The molecule has 0 amide bonds. The molecule has 1 aliphatic carbocycles. The van der Waals surface area contributed by atoms with Gasteiger partial charge in [0.05, 0.1) is 21.1 Å². The molecule has 0 saturated heterocycles. The largest absolute Gasteiger partial charge is 0.481 e. The summed E-state index contributed by atoms with van der Waals surface area (Å²) in [4.78, 5) is 15.8. The molecule has 88 valence electrons. The van der Waals surface area contributed by atoms with Gasteiger partial charge in [-0.15, -0.1) is 11.3 Å². The van der Waals surface area contributed by atoms with Crippen LogP contribution in [0.25, 0.3) is 10.2 Å².